The topological polar surface area (TPSA) is 133 Å². The monoisotopic (exact) mass is 287 g/mol. The van der Waals surface area contributed by atoms with Crippen LogP contribution in [0.15, 0.2) is 0 Å². The van der Waals surface area contributed by atoms with E-state index in [1.165, 1.54) is 0 Å². The number of nitrogens with zero attached hydrogens (tertiary/aromatic N) is 1. The molecule has 2 atom stereocenters. The van der Waals surface area contributed by atoms with Crippen LogP contribution in [0.2, 0.25) is 0 Å². The molecule has 114 valence electrons. The lowest BCUT2D eigenvalue weighted by atomic mass is 10.1. The van der Waals surface area contributed by atoms with Crippen LogP contribution < -0.4 is 11.1 Å². The summed E-state index contributed by atoms with van der Waals surface area (Å²) in [5.41, 5.74) is 5.34. The minimum Gasteiger partial charge on any atom is -0.480 e. The highest BCUT2D eigenvalue weighted by atomic mass is 16.4. The summed E-state index contributed by atoms with van der Waals surface area (Å²) in [5.74, 6) is -1.65. The SMILES string of the molecule is NCCCC[C@H](NC(=O)[C@@H]1CCCN1C(=O)O)C(=O)O. The van der Waals surface area contributed by atoms with E-state index >= 15 is 0 Å². The van der Waals surface area contributed by atoms with Crippen LogP contribution in [0.3, 0.4) is 0 Å². The molecule has 8 heteroatoms. The highest BCUT2D eigenvalue weighted by Gasteiger charge is 2.35. The molecule has 8 nitrogen and oxygen atoms in total. The van der Waals surface area contributed by atoms with Gasteiger partial charge in [0.2, 0.25) is 5.91 Å². The Morgan fingerprint density at radius 1 is 1.30 bits per heavy atom. The molecule has 0 saturated carbocycles. The first kappa shape index (κ1) is 16.2. The van der Waals surface area contributed by atoms with E-state index in [4.69, 9.17) is 15.9 Å². The fourth-order valence-corrected chi connectivity index (χ4v) is 2.29. The molecule has 1 fully saturated rings. The van der Waals surface area contributed by atoms with Crippen molar-refractivity contribution in [3.05, 3.63) is 0 Å². The Morgan fingerprint density at radius 3 is 2.55 bits per heavy atom. The van der Waals surface area contributed by atoms with E-state index in [0.29, 0.717) is 38.8 Å². The smallest absolute Gasteiger partial charge is 0.407 e. The third kappa shape index (κ3) is 4.37. The first-order chi connectivity index (χ1) is 9.47. The third-order valence-corrected chi connectivity index (χ3v) is 3.36. The Bertz CT molecular complexity index is 374. The van der Waals surface area contributed by atoms with E-state index in [0.717, 1.165) is 4.90 Å². The first-order valence-electron chi connectivity index (χ1n) is 6.70. The van der Waals surface area contributed by atoms with Gasteiger partial charge in [0.25, 0.3) is 0 Å². The predicted molar refractivity (Wildman–Crippen MR) is 70.2 cm³/mol. The molecule has 0 aliphatic carbocycles. The molecule has 2 amide bonds. The molecule has 1 heterocycles. The summed E-state index contributed by atoms with van der Waals surface area (Å²) in [6.07, 6.45) is 1.45. The van der Waals surface area contributed by atoms with E-state index in [2.05, 4.69) is 5.32 Å². The van der Waals surface area contributed by atoms with Crippen LogP contribution in [0.1, 0.15) is 32.1 Å². The minimum absolute atomic E-state index is 0.290. The number of aliphatic carboxylic acids is 1. The number of amides is 2. The van der Waals surface area contributed by atoms with Crippen molar-refractivity contribution in [2.45, 2.75) is 44.2 Å². The number of nitrogens with one attached hydrogen (secondary N) is 1. The van der Waals surface area contributed by atoms with E-state index in [-0.39, 0.29) is 6.42 Å². The number of rotatable bonds is 7. The number of carboxylic acids is 1. The van der Waals surface area contributed by atoms with Crippen molar-refractivity contribution in [3.63, 3.8) is 0 Å². The van der Waals surface area contributed by atoms with Crippen LogP contribution in [0.4, 0.5) is 4.79 Å². The Kier molecular flexibility index (Phi) is 6.23. The number of carbonyl (C=O) groups is 3. The molecular formula is C12H21N3O5. The van der Waals surface area contributed by atoms with Crippen LogP contribution in [0.25, 0.3) is 0 Å². The zero-order valence-corrected chi connectivity index (χ0v) is 11.2. The van der Waals surface area contributed by atoms with Crippen LogP contribution in [-0.2, 0) is 9.59 Å². The summed E-state index contributed by atoms with van der Waals surface area (Å²) in [7, 11) is 0. The summed E-state index contributed by atoms with van der Waals surface area (Å²) in [6, 6.07) is -1.78. The molecule has 5 N–H and O–H groups in total. The standard InChI is InChI=1S/C12H21N3O5/c13-6-2-1-4-8(11(17)18)14-10(16)9-5-3-7-15(9)12(19)20/h8-9H,1-7,13H2,(H,14,16)(H,17,18)(H,19,20)/t8-,9-/m0/s1. The predicted octanol–water partition coefficient (Wildman–Crippen LogP) is -0.173. The van der Waals surface area contributed by atoms with Crippen molar-refractivity contribution in [2.75, 3.05) is 13.1 Å². The van der Waals surface area contributed by atoms with E-state index in [9.17, 15) is 14.4 Å². The van der Waals surface area contributed by atoms with Crippen LogP contribution in [-0.4, -0.2) is 58.3 Å². The quantitative estimate of drug-likeness (QED) is 0.480. The summed E-state index contributed by atoms with van der Waals surface area (Å²) in [4.78, 5) is 35.1. The molecule has 0 aromatic carbocycles. The highest BCUT2D eigenvalue weighted by Crippen LogP contribution is 2.17. The second-order valence-electron chi connectivity index (χ2n) is 4.82. The highest BCUT2D eigenvalue weighted by molar-refractivity contribution is 5.89. The van der Waals surface area contributed by atoms with Crippen LogP contribution in [0.5, 0.6) is 0 Å². The largest absolute Gasteiger partial charge is 0.480 e. The van der Waals surface area contributed by atoms with Gasteiger partial charge in [0.05, 0.1) is 0 Å². The van der Waals surface area contributed by atoms with Gasteiger partial charge in [0.15, 0.2) is 0 Å². The van der Waals surface area contributed by atoms with Gasteiger partial charge in [0.1, 0.15) is 12.1 Å². The Labute approximate surface area is 116 Å². The maximum atomic E-state index is 12.0. The van der Waals surface area contributed by atoms with Gasteiger partial charge in [0, 0.05) is 6.54 Å². The van der Waals surface area contributed by atoms with Crippen molar-refractivity contribution in [1.29, 1.82) is 0 Å². The number of nitrogens with two attached hydrogens (primary N) is 1. The maximum Gasteiger partial charge on any atom is 0.407 e. The number of likely N-dealkylation sites (tertiary alicyclic amines) is 1. The molecular weight excluding hydrogens is 266 g/mol. The minimum atomic E-state index is -1.15. The van der Waals surface area contributed by atoms with Gasteiger partial charge in [-0.3, -0.25) is 9.69 Å². The van der Waals surface area contributed by atoms with Crippen LogP contribution >= 0.6 is 0 Å². The van der Waals surface area contributed by atoms with Gasteiger partial charge >= 0.3 is 12.1 Å². The molecule has 0 spiro atoms. The normalized spacial score (nSPS) is 19.6. The van der Waals surface area contributed by atoms with Gasteiger partial charge in [-0.2, -0.15) is 0 Å². The summed E-state index contributed by atoms with van der Waals surface area (Å²) >= 11 is 0. The first-order valence-corrected chi connectivity index (χ1v) is 6.70. The second kappa shape index (κ2) is 7.68. The molecule has 1 aliphatic heterocycles. The molecule has 0 bridgehead atoms. The lowest BCUT2D eigenvalue weighted by Gasteiger charge is -2.23. The van der Waals surface area contributed by atoms with Crippen molar-refractivity contribution in [1.82, 2.24) is 10.2 Å². The van der Waals surface area contributed by atoms with Gasteiger partial charge in [-0.25, -0.2) is 9.59 Å². The number of unbranched alkanes of at least 4 members (excludes halogenated alkanes) is 1. The Hall–Kier alpha value is -1.83. The van der Waals surface area contributed by atoms with Gasteiger partial charge < -0.3 is 21.3 Å². The fourth-order valence-electron chi connectivity index (χ4n) is 2.29. The number of carboxylic acid groups (broad SMARTS) is 2. The average molecular weight is 287 g/mol. The van der Waals surface area contributed by atoms with Crippen molar-refractivity contribution in [3.8, 4) is 0 Å². The zero-order valence-electron chi connectivity index (χ0n) is 11.2. The van der Waals surface area contributed by atoms with Gasteiger partial charge in [-0.15, -0.1) is 0 Å². The number of hydrogen-bond acceptors (Lipinski definition) is 4. The molecule has 1 aliphatic rings. The lowest BCUT2D eigenvalue weighted by Crippen LogP contribution is -2.50. The summed E-state index contributed by atoms with van der Waals surface area (Å²) in [6.45, 7) is 0.772. The average Bonchev–Trinajstić information content (AvgIpc) is 2.86. The number of hydrogen-bond donors (Lipinski definition) is 4. The van der Waals surface area contributed by atoms with Crippen molar-refractivity contribution >= 4 is 18.0 Å². The Balaban J connectivity index is 2.56. The molecule has 20 heavy (non-hydrogen) atoms. The van der Waals surface area contributed by atoms with Crippen LogP contribution in [0, 0.1) is 0 Å². The molecule has 1 saturated heterocycles. The fraction of sp³-hybridized carbons (Fsp3) is 0.750. The number of carbonyl (C=O) groups excluding carboxylic acids is 1. The second-order valence-corrected chi connectivity index (χ2v) is 4.82. The molecule has 1 rings (SSSR count). The molecule has 0 radical (unpaired) electrons. The van der Waals surface area contributed by atoms with E-state index in [1.807, 2.05) is 0 Å². The third-order valence-electron chi connectivity index (χ3n) is 3.36. The zero-order chi connectivity index (χ0) is 15.1. The maximum absolute atomic E-state index is 12.0. The summed E-state index contributed by atoms with van der Waals surface area (Å²) in [5, 5.41) is 20.4. The van der Waals surface area contributed by atoms with E-state index in [1.54, 1.807) is 0 Å². The van der Waals surface area contributed by atoms with E-state index < -0.39 is 30.1 Å². The molecule has 0 aromatic rings. The van der Waals surface area contributed by atoms with Crippen molar-refractivity contribution < 1.29 is 24.6 Å². The summed E-state index contributed by atoms with van der Waals surface area (Å²) < 4.78 is 0. The molecule has 0 unspecified atom stereocenters. The lowest BCUT2D eigenvalue weighted by molar-refractivity contribution is -0.142. The van der Waals surface area contributed by atoms with Gasteiger partial charge in [-0.05, 0) is 38.6 Å². The van der Waals surface area contributed by atoms with Crippen molar-refractivity contribution in [2.24, 2.45) is 5.73 Å². The van der Waals surface area contributed by atoms with Gasteiger partial charge in [-0.1, -0.05) is 0 Å². The molecule has 0 aromatic heterocycles. The Morgan fingerprint density at radius 2 is 2.00 bits per heavy atom.